The molecule has 0 spiro atoms. The molecule has 0 saturated carbocycles. The standard InChI is InChI=1S/C20H26N2O/c1-5-19(2,17-6-12-21-13-7-17)10-11-20(3,16-23-4)18-8-14-22-15-9-18/h5-9,12-15H,1,10-11,16H2,2-4H3. The number of ether oxygens (including phenoxy) is 1. The van der Waals surface area contributed by atoms with Gasteiger partial charge in [0, 0.05) is 42.7 Å². The highest BCUT2D eigenvalue weighted by molar-refractivity contribution is 5.28. The predicted molar refractivity (Wildman–Crippen MR) is 94.5 cm³/mol. The van der Waals surface area contributed by atoms with Crippen LogP contribution in [0.25, 0.3) is 0 Å². The van der Waals surface area contributed by atoms with Crippen LogP contribution in [-0.4, -0.2) is 23.7 Å². The summed E-state index contributed by atoms with van der Waals surface area (Å²) in [5, 5.41) is 0. The fourth-order valence-corrected chi connectivity index (χ4v) is 3.01. The average molecular weight is 310 g/mol. The number of rotatable bonds is 8. The number of pyridine rings is 2. The molecule has 0 saturated heterocycles. The van der Waals surface area contributed by atoms with E-state index in [0.29, 0.717) is 6.61 Å². The zero-order valence-corrected chi connectivity index (χ0v) is 14.3. The third-order valence-electron chi connectivity index (χ3n) is 4.83. The van der Waals surface area contributed by atoms with Crippen LogP contribution in [0.1, 0.15) is 37.8 Å². The first-order valence-electron chi connectivity index (χ1n) is 7.98. The van der Waals surface area contributed by atoms with Crippen LogP contribution in [0.5, 0.6) is 0 Å². The fourth-order valence-electron chi connectivity index (χ4n) is 3.01. The Bertz CT molecular complexity index is 614. The highest BCUT2D eigenvalue weighted by Crippen LogP contribution is 2.37. The van der Waals surface area contributed by atoms with Gasteiger partial charge in [0.2, 0.25) is 0 Å². The second-order valence-electron chi connectivity index (χ2n) is 6.59. The summed E-state index contributed by atoms with van der Waals surface area (Å²) in [5.74, 6) is 0. The molecule has 0 aliphatic carbocycles. The molecule has 23 heavy (non-hydrogen) atoms. The van der Waals surface area contributed by atoms with Crippen LogP contribution < -0.4 is 0 Å². The van der Waals surface area contributed by atoms with Gasteiger partial charge in [0.25, 0.3) is 0 Å². The molecule has 2 heterocycles. The number of aromatic nitrogens is 2. The van der Waals surface area contributed by atoms with Gasteiger partial charge in [0.15, 0.2) is 0 Å². The summed E-state index contributed by atoms with van der Waals surface area (Å²) >= 11 is 0. The molecule has 2 rings (SSSR count). The number of hydrogen-bond donors (Lipinski definition) is 0. The van der Waals surface area contributed by atoms with Crippen molar-refractivity contribution < 1.29 is 4.74 Å². The first-order valence-corrected chi connectivity index (χ1v) is 7.98. The zero-order chi connectivity index (χ0) is 16.8. The molecular formula is C20H26N2O. The Labute approximate surface area is 139 Å². The SMILES string of the molecule is C=CC(C)(CCC(C)(COC)c1ccncc1)c1ccncc1. The van der Waals surface area contributed by atoms with E-state index in [9.17, 15) is 0 Å². The van der Waals surface area contributed by atoms with E-state index in [4.69, 9.17) is 4.74 Å². The van der Waals surface area contributed by atoms with Gasteiger partial charge in [-0.25, -0.2) is 0 Å². The molecular weight excluding hydrogens is 284 g/mol. The third kappa shape index (κ3) is 4.05. The summed E-state index contributed by atoms with van der Waals surface area (Å²) in [6, 6.07) is 8.30. The van der Waals surface area contributed by atoms with Crippen molar-refractivity contribution in [3.8, 4) is 0 Å². The van der Waals surface area contributed by atoms with Gasteiger partial charge in [-0.15, -0.1) is 6.58 Å². The quantitative estimate of drug-likeness (QED) is 0.682. The first kappa shape index (κ1) is 17.4. The molecule has 0 fully saturated rings. The summed E-state index contributed by atoms with van der Waals surface area (Å²) in [4.78, 5) is 8.25. The summed E-state index contributed by atoms with van der Waals surface area (Å²) < 4.78 is 5.51. The average Bonchev–Trinajstić information content (AvgIpc) is 2.61. The van der Waals surface area contributed by atoms with E-state index in [1.54, 1.807) is 7.11 Å². The Morgan fingerprint density at radius 3 is 1.96 bits per heavy atom. The highest BCUT2D eigenvalue weighted by atomic mass is 16.5. The largest absolute Gasteiger partial charge is 0.384 e. The van der Waals surface area contributed by atoms with Crippen molar-refractivity contribution in [1.29, 1.82) is 0 Å². The number of hydrogen-bond acceptors (Lipinski definition) is 3. The van der Waals surface area contributed by atoms with Crippen molar-refractivity contribution in [2.75, 3.05) is 13.7 Å². The minimum absolute atomic E-state index is 0.0466. The minimum atomic E-state index is -0.0784. The Morgan fingerprint density at radius 1 is 0.957 bits per heavy atom. The topological polar surface area (TPSA) is 35.0 Å². The van der Waals surface area contributed by atoms with Crippen molar-refractivity contribution >= 4 is 0 Å². The van der Waals surface area contributed by atoms with Crippen LogP contribution in [0, 0.1) is 0 Å². The first-order chi connectivity index (χ1) is 11.0. The van der Waals surface area contributed by atoms with Gasteiger partial charge in [-0.1, -0.05) is 19.9 Å². The second-order valence-corrected chi connectivity index (χ2v) is 6.59. The molecule has 0 amide bonds. The molecule has 0 radical (unpaired) electrons. The van der Waals surface area contributed by atoms with Crippen LogP contribution in [0.15, 0.2) is 61.7 Å². The molecule has 0 aliphatic heterocycles. The van der Waals surface area contributed by atoms with E-state index >= 15 is 0 Å². The Morgan fingerprint density at radius 2 is 1.48 bits per heavy atom. The van der Waals surface area contributed by atoms with E-state index in [1.807, 2.05) is 30.9 Å². The van der Waals surface area contributed by atoms with Gasteiger partial charge in [0.05, 0.1) is 6.61 Å². The summed E-state index contributed by atoms with van der Waals surface area (Å²) in [6.45, 7) is 9.23. The van der Waals surface area contributed by atoms with E-state index in [1.165, 1.54) is 11.1 Å². The molecule has 0 aromatic carbocycles. The van der Waals surface area contributed by atoms with Gasteiger partial charge in [-0.05, 0) is 48.2 Å². The maximum atomic E-state index is 5.51. The van der Waals surface area contributed by atoms with Gasteiger partial charge < -0.3 is 4.74 Å². The van der Waals surface area contributed by atoms with Crippen molar-refractivity contribution in [1.82, 2.24) is 9.97 Å². The molecule has 122 valence electrons. The van der Waals surface area contributed by atoms with E-state index in [2.05, 4.69) is 54.7 Å². The van der Waals surface area contributed by atoms with Gasteiger partial charge in [-0.2, -0.15) is 0 Å². The Balaban J connectivity index is 2.22. The third-order valence-corrected chi connectivity index (χ3v) is 4.83. The number of allylic oxidation sites excluding steroid dienone is 1. The lowest BCUT2D eigenvalue weighted by Crippen LogP contribution is -2.31. The van der Waals surface area contributed by atoms with Gasteiger partial charge in [0.1, 0.15) is 0 Å². The van der Waals surface area contributed by atoms with Gasteiger partial charge in [-0.3, -0.25) is 9.97 Å². The number of nitrogens with zero attached hydrogens (tertiary/aromatic N) is 2. The van der Waals surface area contributed by atoms with Crippen LogP contribution in [0.2, 0.25) is 0 Å². The monoisotopic (exact) mass is 310 g/mol. The lowest BCUT2D eigenvalue weighted by molar-refractivity contribution is 0.128. The molecule has 2 aromatic rings. The van der Waals surface area contributed by atoms with E-state index < -0.39 is 0 Å². The van der Waals surface area contributed by atoms with Crippen LogP contribution in [0.3, 0.4) is 0 Å². The van der Waals surface area contributed by atoms with E-state index in [-0.39, 0.29) is 10.8 Å². The molecule has 3 nitrogen and oxygen atoms in total. The molecule has 0 bridgehead atoms. The highest BCUT2D eigenvalue weighted by Gasteiger charge is 2.31. The molecule has 0 aliphatic rings. The lowest BCUT2D eigenvalue weighted by atomic mass is 9.71. The van der Waals surface area contributed by atoms with Gasteiger partial charge >= 0.3 is 0 Å². The summed E-state index contributed by atoms with van der Waals surface area (Å²) in [5.41, 5.74) is 2.38. The fraction of sp³-hybridized carbons (Fsp3) is 0.400. The summed E-state index contributed by atoms with van der Waals surface area (Å²) in [6.07, 6.45) is 11.4. The zero-order valence-electron chi connectivity index (χ0n) is 14.3. The summed E-state index contributed by atoms with van der Waals surface area (Å²) in [7, 11) is 1.76. The number of methoxy groups -OCH3 is 1. The van der Waals surface area contributed by atoms with Crippen LogP contribution >= 0.6 is 0 Å². The Hall–Kier alpha value is -2.00. The maximum absolute atomic E-state index is 5.51. The molecule has 2 atom stereocenters. The van der Waals surface area contributed by atoms with Crippen molar-refractivity contribution in [3.63, 3.8) is 0 Å². The van der Waals surface area contributed by atoms with Crippen molar-refractivity contribution in [2.24, 2.45) is 0 Å². The molecule has 0 N–H and O–H groups in total. The van der Waals surface area contributed by atoms with Crippen LogP contribution in [-0.2, 0) is 15.6 Å². The van der Waals surface area contributed by atoms with Crippen molar-refractivity contribution in [2.45, 2.75) is 37.5 Å². The predicted octanol–water partition coefficient (Wildman–Crippen LogP) is 4.30. The molecule has 2 aromatic heterocycles. The normalized spacial score (nSPS) is 16.3. The molecule has 2 unspecified atom stereocenters. The Kier molecular flexibility index (Phi) is 5.67. The van der Waals surface area contributed by atoms with E-state index in [0.717, 1.165) is 12.8 Å². The lowest BCUT2D eigenvalue weighted by Gasteiger charge is -2.34. The van der Waals surface area contributed by atoms with Crippen molar-refractivity contribution in [3.05, 3.63) is 72.8 Å². The smallest absolute Gasteiger partial charge is 0.0556 e. The minimum Gasteiger partial charge on any atom is -0.384 e. The second kappa shape index (κ2) is 7.51. The maximum Gasteiger partial charge on any atom is 0.0556 e. The van der Waals surface area contributed by atoms with Crippen LogP contribution in [0.4, 0.5) is 0 Å². The molecule has 3 heteroatoms.